The maximum atomic E-state index is 12.8. The number of alkyl carbamates (subject to hydrolysis) is 1. The van der Waals surface area contributed by atoms with Crippen molar-refractivity contribution in [2.75, 3.05) is 13.7 Å². The minimum absolute atomic E-state index is 0.299. The Hall–Kier alpha value is -3.02. The second-order valence-electron chi connectivity index (χ2n) is 7.34. The van der Waals surface area contributed by atoms with Gasteiger partial charge in [0.2, 0.25) is 5.91 Å². The first-order chi connectivity index (χ1) is 13.3. The highest BCUT2D eigenvalue weighted by atomic mass is 16.6. The minimum atomic E-state index is -0.839. The van der Waals surface area contributed by atoms with Crippen molar-refractivity contribution in [1.29, 1.82) is 0 Å². The summed E-state index contributed by atoms with van der Waals surface area (Å²) in [6, 6.07) is 15.9. The Balaban J connectivity index is 2.03. The molecule has 0 fully saturated rings. The summed E-state index contributed by atoms with van der Waals surface area (Å²) in [4.78, 5) is 25.0. The van der Waals surface area contributed by atoms with Crippen LogP contribution in [0.25, 0.3) is 0 Å². The lowest BCUT2D eigenvalue weighted by atomic mass is 10.1. The van der Waals surface area contributed by atoms with Gasteiger partial charge in [-0.05, 0) is 44.4 Å². The highest BCUT2D eigenvalue weighted by Gasteiger charge is 2.25. The van der Waals surface area contributed by atoms with Crippen LogP contribution in [0, 0.1) is 0 Å². The Kier molecular flexibility index (Phi) is 7.44. The van der Waals surface area contributed by atoms with E-state index in [0.717, 1.165) is 11.3 Å². The zero-order valence-corrected chi connectivity index (χ0v) is 16.8. The monoisotopic (exact) mass is 384 g/mol. The maximum Gasteiger partial charge on any atom is 0.408 e. The number of benzene rings is 2. The zero-order valence-electron chi connectivity index (χ0n) is 16.8. The number of rotatable bonds is 7. The molecule has 0 bridgehead atoms. The van der Waals surface area contributed by atoms with E-state index in [0.29, 0.717) is 18.5 Å². The summed E-state index contributed by atoms with van der Waals surface area (Å²) in [6.07, 6.45) is -0.0230. The summed E-state index contributed by atoms with van der Waals surface area (Å²) < 4.78 is 10.6. The standard InChI is InChI=1S/C22H28N2O4/c1-22(2,3)28-21(26)24-19(17-11-6-5-7-12-17)20(25)23-15-14-16-10-8-9-13-18(16)27-4/h5-13,19H,14-15H2,1-4H3,(H,23,25)(H,24,26). The van der Waals surface area contributed by atoms with Gasteiger partial charge >= 0.3 is 6.09 Å². The predicted octanol–water partition coefficient (Wildman–Crippen LogP) is 3.62. The van der Waals surface area contributed by atoms with Gasteiger partial charge in [0, 0.05) is 6.54 Å². The van der Waals surface area contributed by atoms with Crippen LogP contribution in [0.5, 0.6) is 5.75 Å². The molecule has 0 heterocycles. The van der Waals surface area contributed by atoms with Crippen LogP contribution < -0.4 is 15.4 Å². The molecule has 2 aromatic carbocycles. The highest BCUT2D eigenvalue weighted by molar-refractivity contribution is 5.86. The van der Waals surface area contributed by atoms with Gasteiger partial charge in [-0.3, -0.25) is 4.79 Å². The van der Waals surface area contributed by atoms with Crippen molar-refractivity contribution < 1.29 is 19.1 Å². The molecular formula is C22H28N2O4. The third-order valence-corrected chi connectivity index (χ3v) is 3.94. The first-order valence-corrected chi connectivity index (χ1v) is 9.24. The van der Waals surface area contributed by atoms with E-state index in [4.69, 9.17) is 9.47 Å². The van der Waals surface area contributed by atoms with Gasteiger partial charge in [0.1, 0.15) is 17.4 Å². The van der Waals surface area contributed by atoms with Crippen molar-refractivity contribution in [3.05, 3.63) is 65.7 Å². The topological polar surface area (TPSA) is 76.7 Å². The number of carbonyl (C=O) groups excluding carboxylic acids is 2. The molecule has 2 aromatic rings. The van der Waals surface area contributed by atoms with Gasteiger partial charge in [-0.1, -0.05) is 48.5 Å². The van der Waals surface area contributed by atoms with Gasteiger partial charge in [0.05, 0.1) is 7.11 Å². The molecular weight excluding hydrogens is 356 g/mol. The van der Waals surface area contributed by atoms with Crippen molar-refractivity contribution in [2.45, 2.75) is 38.8 Å². The van der Waals surface area contributed by atoms with E-state index < -0.39 is 17.7 Å². The Morgan fingerprint density at radius 1 is 1.00 bits per heavy atom. The first kappa shape index (κ1) is 21.3. The number of methoxy groups -OCH3 is 1. The Labute approximate surface area is 166 Å². The summed E-state index contributed by atoms with van der Waals surface area (Å²) >= 11 is 0. The molecule has 0 aliphatic rings. The summed E-state index contributed by atoms with van der Waals surface area (Å²) in [5.74, 6) is 0.482. The molecule has 6 nitrogen and oxygen atoms in total. The van der Waals surface area contributed by atoms with Gasteiger partial charge in [-0.2, -0.15) is 0 Å². The quantitative estimate of drug-likeness (QED) is 0.764. The molecule has 2 N–H and O–H groups in total. The van der Waals surface area contributed by atoms with Crippen LogP contribution in [-0.4, -0.2) is 31.3 Å². The van der Waals surface area contributed by atoms with Gasteiger partial charge in [-0.15, -0.1) is 0 Å². The average molecular weight is 384 g/mol. The normalized spacial score (nSPS) is 12.0. The Morgan fingerprint density at radius 2 is 1.64 bits per heavy atom. The average Bonchev–Trinajstić information content (AvgIpc) is 2.65. The van der Waals surface area contributed by atoms with E-state index in [-0.39, 0.29) is 5.91 Å². The van der Waals surface area contributed by atoms with Crippen molar-refractivity contribution in [3.63, 3.8) is 0 Å². The van der Waals surface area contributed by atoms with Crippen LogP contribution in [0.1, 0.15) is 37.9 Å². The molecule has 0 saturated heterocycles. The minimum Gasteiger partial charge on any atom is -0.496 e. The van der Waals surface area contributed by atoms with Crippen molar-refractivity contribution in [3.8, 4) is 5.75 Å². The molecule has 0 spiro atoms. The van der Waals surface area contributed by atoms with E-state index >= 15 is 0 Å². The van der Waals surface area contributed by atoms with E-state index in [2.05, 4.69) is 10.6 Å². The molecule has 0 aliphatic carbocycles. The molecule has 0 saturated carbocycles. The number of nitrogens with one attached hydrogen (secondary N) is 2. The molecule has 28 heavy (non-hydrogen) atoms. The number of para-hydroxylation sites is 1. The fourth-order valence-corrected chi connectivity index (χ4v) is 2.70. The largest absolute Gasteiger partial charge is 0.496 e. The summed E-state index contributed by atoms with van der Waals surface area (Å²) in [7, 11) is 1.62. The van der Waals surface area contributed by atoms with Crippen LogP contribution in [-0.2, 0) is 16.0 Å². The van der Waals surface area contributed by atoms with E-state index in [1.54, 1.807) is 40.0 Å². The molecule has 0 radical (unpaired) electrons. The van der Waals surface area contributed by atoms with Gasteiger partial charge in [-0.25, -0.2) is 4.79 Å². The Morgan fingerprint density at radius 3 is 2.29 bits per heavy atom. The third kappa shape index (κ3) is 6.61. The van der Waals surface area contributed by atoms with Gasteiger partial charge < -0.3 is 20.1 Å². The second-order valence-corrected chi connectivity index (χ2v) is 7.34. The first-order valence-electron chi connectivity index (χ1n) is 9.24. The lowest BCUT2D eigenvalue weighted by molar-refractivity contribution is -0.123. The van der Waals surface area contributed by atoms with Crippen molar-refractivity contribution in [2.24, 2.45) is 0 Å². The molecule has 1 unspecified atom stereocenters. The number of hydrogen-bond donors (Lipinski definition) is 2. The molecule has 150 valence electrons. The van der Waals surface area contributed by atoms with Gasteiger partial charge in [0.15, 0.2) is 0 Å². The molecule has 2 rings (SSSR count). The smallest absolute Gasteiger partial charge is 0.408 e. The van der Waals surface area contributed by atoms with Crippen LogP contribution >= 0.6 is 0 Å². The van der Waals surface area contributed by atoms with Crippen molar-refractivity contribution >= 4 is 12.0 Å². The molecule has 6 heteroatoms. The number of amides is 2. The number of ether oxygens (including phenoxy) is 2. The van der Waals surface area contributed by atoms with E-state index in [9.17, 15) is 9.59 Å². The molecule has 2 amide bonds. The zero-order chi connectivity index (χ0) is 20.6. The predicted molar refractivity (Wildman–Crippen MR) is 108 cm³/mol. The van der Waals surface area contributed by atoms with E-state index in [1.807, 2.05) is 42.5 Å². The molecule has 0 aliphatic heterocycles. The summed E-state index contributed by atoms with van der Waals surface area (Å²) in [5, 5.41) is 5.55. The fourth-order valence-electron chi connectivity index (χ4n) is 2.70. The summed E-state index contributed by atoms with van der Waals surface area (Å²) in [5.41, 5.74) is 1.04. The molecule has 1 atom stereocenters. The second kappa shape index (κ2) is 9.78. The SMILES string of the molecule is COc1ccccc1CCNC(=O)C(NC(=O)OC(C)(C)C)c1ccccc1. The Bertz CT molecular complexity index is 785. The lowest BCUT2D eigenvalue weighted by Crippen LogP contribution is -2.43. The summed E-state index contributed by atoms with van der Waals surface area (Å²) in [6.45, 7) is 5.74. The number of hydrogen-bond acceptors (Lipinski definition) is 4. The van der Waals surface area contributed by atoms with Crippen LogP contribution in [0.2, 0.25) is 0 Å². The highest BCUT2D eigenvalue weighted by Crippen LogP contribution is 2.18. The van der Waals surface area contributed by atoms with Crippen LogP contribution in [0.4, 0.5) is 4.79 Å². The lowest BCUT2D eigenvalue weighted by Gasteiger charge is -2.23. The van der Waals surface area contributed by atoms with Crippen molar-refractivity contribution in [1.82, 2.24) is 10.6 Å². The number of carbonyl (C=O) groups is 2. The fraction of sp³-hybridized carbons (Fsp3) is 0.364. The maximum absolute atomic E-state index is 12.8. The van der Waals surface area contributed by atoms with Crippen LogP contribution in [0.15, 0.2) is 54.6 Å². The molecule has 0 aromatic heterocycles. The van der Waals surface area contributed by atoms with Crippen LogP contribution in [0.3, 0.4) is 0 Å². The third-order valence-electron chi connectivity index (χ3n) is 3.94. The van der Waals surface area contributed by atoms with E-state index in [1.165, 1.54) is 0 Å². The van der Waals surface area contributed by atoms with Gasteiger partial charge in [0.25, 0.3) is 0 Å².